The Hall–Kier alpha value is -3.01. The molecule has 1 amide bonds. The number of fused-ring (bicyclic) bond motifs is 1. The highest BCUT2D eigenvalue weighted by Gasteiger charge is 2.55. The summed E-state index contributed by atoms with van der Waals surface area (Å²) in [7, 11) is 1.66. The molecule has 1 aliphatic carbocycles. The summed E-state index contributed by atoms with van der Waals surface area (Å²) in [5, 5.41) is 3.99. The molecule has 1 saturated heterocycles. The number of nitrogens with zero attached hydrogens (tertiary/aromatic N) is 2. The lowest BCUT2D eigenvalue weighted by atomic mass is 9.69. The molecule has 0 unspecified atom stereocenters. The van der Waals surface area contributed by atoms with E-state index in [0.29, 0.717) is 48.9 Å². The molecule has 2 fully saturated rings. The lowest BCUT2D eigenvalue weighted by Crippen LogP contribution is -2.57. The average molecular weight is 550 g/mol. The number of anilines is 1. The fraction of sp³-hybridized carbons (Fsp3) is 0.500. The number of benzene rings is 1. The Morgan fingerprint density at radius 2 is 1.95 bits per heavy atom. The number of piperidine rings is 1. The minimum atomic E-state index is -1.08. The van der Waals surface area contributed by atoms with E-state index in [2.05, 4.69) is 10.3 Å². The first-order valence-corrected chi connectivity index (χ1v) is 14.7. The molecule has 2 aliphatic heterocycles. The van der Waals surface area contributed by atoms with E-state index in [-0.39, 0.29) is 17.8 Å². The summed E-state index contributed by atoms with van der Waals surface area (Å²) < 4.78 is 18.2. The number of carbonyl (C=O) groups excluding carboxylic acids is 2. The molecule has 39 heavy (non-hydrogen) atoms. The summed E-state index contributed by atoms with van der Waals surface area (Å²) in [6.45, 7) is 3.50. The van der Waals surface area contributed by atoms with Crippen LogP contribution in [0.15, 0.2) is 41.1 Å². The van der Waals surface area contributed by atoms with Crippen molar-refractivity contribution < 1.29 is 23.5 Å². The summed E-state index contributed by atoms with van der Waals surface area (Å²) in [4.78, 5) is 35.6. The first kappa shape index (κ1) is 26.2. The number of aromatic nitrogens is 1. The molecular weight excluding hydrogens is 514 g/mol. The number of para-hydroxylation sites is 1. The van der Waals surface area contributed by atoms with Crippen LogP contribution in [0.25, 0.3) is 10.8 Å². The fourth-order valence-electron chi connectivity index (χ4n) is 6.39. The van der Waals surface area contributed by atoms with E-state index in [1.165, 1.54) is 24.0 Å². The van der Waals surface area contributed by atoms with Gasteiger partial charge >= 0.3 is 0 Å². The molecule has 3 aromatic rings. The van der Waals surface area contributed by atoms with E-state index in [0.717, 1.165) is 47.4 Å². The molecular formula is C30H35N3O5S. The molecule has 0 radical (unpaired) electrons. The quantitative estimate of drug-likeness (QED) is 0.377. The van der Waals surface area contributed by atoms with Crippen molar-refractivity contribution in [2.24, 2.45) is 5.41 Å². The molecule has 0 bridgehead atoms. The van der Waals surface area contributed by atoms with Gasteiger partial charge in [0.2, 0.25) is 11.8 Å². The molecule has 2 aromatic heterocycles. The second kappa shape index (κ2) is 10.9. The van der Waals surface area contributed by atoms with E-state index < -0.39 is 11.5 Å². The molecule has 6 rings (SSSR count). The van der Waals surface area contributed by atoms with Crippen LogP contribution in [0.5, 0.6) is 5.75 Å². The van der Waals surface area contributed by atoms with Gasteiger partial charge in [0.15, 0.2) is 5.78 Å². The van der Waals surface area contributed by atoms with Gasteiger partial charge in [-0.25, -0.2) is 4.98 Å². The summed E-state index contributed by atoms with van der Waals surface area (Å²) in [6.07, 6.45) is 9.33. The number of carbonyl (C=O) groups is 2. The number of methoxy groups -OCH3 is 1. The SMILES string of the molecule is COc1ccccc1[C@H](CN1C(=O)C2(CCNCC2)C(=O)c2c1sc(-c1ncco1)c2C)OC1CCCCC1. The zero-order valence-electron chi connectivity index (χ0n) is 22.5. The number of rotatable bonds is 7. The van der Waals surface area contributed by atoms with Crippen LogP contribution in [0.2, 0.25) is 0 Å². The number of amides is 1. The van der Waals surface area contributed by atoms with E-state index in [4.69, 9.17) is 13.9 Å². The van der Waals surface area contributed by atoms with Crippen LogP contribution in [-0.4, -0.2) is 49.5 Å². The zero-order valence-corrected chi connectivity index (χ0v) is 23.4. The van der Waals surface area contributed by atoms with Gasteiger partial charge in [-0.05, 0) is 57.3 Å². The zero-order chi connectivity index (χ0) is 27.0. The number of hydrogen-bond acceptors (Lipinski definition) is 8. The lowest BCUT2D eigenvalue weighted by molar-refractivity contribution is -0.128. The van der Waals surface area contributed by atoms with E-state index in [1.807, 2.05) is 36.1 Å². The van der Waals surface area contributed by atoms with Crippen molar-refractivity contribution in [1.29, 1.82) is 0 Å². The average Bonchev–Trinajstić information content (AvgIpc) is 3.63. The van der Waals surface area contributed by atoms with Gasteiger partial charge in [-0.15, -0.1) is 11.3 Å². The Bertz CT molecular complexity index is 1340. The Morgan fingerprint density at radius 3 is 2.67 bits per heavy atom. The van der Waals surface area contributed by atoms with Crippen LogP contribution in [0.4, 0.5) is 5.00 Å². The Labute approximate surface area is 232 Å². The summed E-state index contributed by atoms with van der Waals surface area (Å²) in [5.74, 6) is 0.993. The lowest BCUT2D eigenvalue weighted by Gasteiger charge is -2.43. The third-order valence-corrected chi connectivity index (χ3v) is 9.82. The van der Waals surface area contributed by atoms with Crippen molar-refractivity contribution in [2.45, 2.75) is 64.1 Å². The summed E-state index contributed by atoms with van der Waals surface area (Å²) >= 11 is 1.40. The topological polar surface area (TPSA) is 93.9 Å². The van der Waals surface area contributed by atoms with Crippen molar-refractivity contribution >= 4 is 28.0 Å². The number of Topliss-reactive ketones (excluding diaryl/α,β-unsaturated/α-hetero) is 1. The van der Waals surface area contributed by atoms with E-state index >= 15 is 0 Å². The predicted octanol–water partition coefficient (Wildman–Crippen LogP) is 5.71. The summed E-state index contributed by atoms with van der Waals surface area (Å²) in [5.41, 5.74) is 1.28. The number of oxazole rings is 1. The van der Waals surface area contributed by atoms with Gasteiger partial charge in [0.25, 0.3) is 0 Å². The monoisotopic (exact) mass is 549 g/mol. The number of hydrogen-bond donors (Lipinski definition) is 1. The van der Waals surface area contributed by atoms with Crippen LogP contribution >= 0.6 is 11.3 Å². The third-order valence-electron chi connectivity index (χ3n) is 8.52. The summed E-state index contributed by atoms with van der Waals surface area (Å²) in [6, 6.07) is 7.87. The van der Waals surface area contributed by atoms with Gasteiger partial charge in [0.1, 0.15) is 28.5 Å². The van der Waals surface area contributed by atoms with Crippen molar-refractivity contribution in [1.82, 2.24) is 10.3 Å². The molecule has 1 spiro atoms. The maximum absolute atomic E-state index is 14.5. The van der Waals surface area contributed by atoms with Gasteiger partial charge in [-0.2, -0.15) is 0 Å². The first-order valence-electron chi connectivity index (χ1n) is 13.9. The Balaban J connectivity index is 1.46. The highest BCUT2D eigenvalue weighted by molar-refractivity contribution is 7.20. The van der Waals surface area contributed by atoms with Crippen LogP contribution in [0.3, 0.4) is 0 Å². The van der Waals surface area contributed by atoms with Crippen molar-refractivity contribution in [2.75, 3.05) is 31.6 Å². The van der Waals surface area contributed by atoms with Crippen molar-refractivity contribution in [3.63, 3.8) is 0 Å². The highest BCUT2D eigenvalue weighted by atomic mass is 32.1. The number of nitrogens with one attached hydrogen (secondary N) is 1. The van der Waals surface area contributed by atoms with Gasteiger partial charge in [0.05, 0.1) is 36.4 Å². The van der Waals surface area contributed by atoms with Crippen molar-refractivity contribution in [3.05, 3.63) is 53.4 Å². The van der Waals surface area contributed by atoms with Crippen LogP contribution in [0.1, 0.15) is 72.5 Å². The second-order valence-electron chi connectivity index (χ2n) is 10.8. The molecule has 1 aromatic carbocycles. The highest BCUT2D eigenvalue weighted by Crippen LogP contribution is 2.51. The fourth-order valence-corrected chi connectivity index (χ4v) is 7.64. The van der Waals surface area contributed by atoms with Crippen LogP contribution < -0.4 is 15.0 Å². The molecule has 3 aliphatic rings. The Kier molecular flexibility index (Phi) is 7.31. The largest absolute Gasteiger partial charge is 0.496 e. The van der Waals surface area contributed by atoms with E-state index in [9.17, 15) is 9.59 Å². The van der Waals surface area contributed by atoms with Gasteiger partial charge in [0, 0.05) is 5.56 Å². The minimum Gasteiger partial charge on any atom is -0.496 e. The second-order valence-corrected chi connectivity index (χ2v) is 11.8. The molecule has 9 heteroatoms. The molecule has 1 saturated carbocycles. The molecule has 8 nitrogen and oxygen atoms in total. The maximum atomic E-state index is 14.5. The Morgan fingerprint density at radius 1 is 1.18 bits per heavy atom. The predicted molar refractivity (Wildman–Crippen MR) is 149 cm³/mol. The van der Waals surface area contributed by atoms with Gasteiger partial charge < -0.3 is 19.2 Å². The number of ketones is 1. The molecule has 4 heterocycles. The first-order chi connectivity index (χ1) is 19.0. The van der Waals surface area contributed by atoms with E-state index in [1.54, 1.807) is 13.3 Å². The smallest absolute Gasteiger partial charge is 0.241 e. The third kappa shape index (κ3) is 4.60. The van der Waals surface area contributed by atoms with Gasteiger partial charge in [-0.1, -0.05) is 37.5 Å². The minimum absolute atomic E-state index is 0.0751. The van der Waals surface area contributed by atoms with Crippen LogP contribution in [-0.2, 0) is 9.53 Å². The standard InChI is InChI=1S/C30H35N3O5S/c1-19-24-26(34)30(12-14-31-15-13-30)29(35)33(28(24)39-25(19)27-32-16-17-37-27)18-23(38-20-8-4-3-5-9-20)21-10-6-7-11-22(21)36-2/h6-7,10-11,16-17,20,23,31H,3-5,8-9,12-15,18H2,1-2H3/t23-/m0/s1. The van der Waals surface area contributed by atoms with Crippen molar-refractivity contribution in [3.8, 4) is 16.5 Å². The normalized spacial score (nSPS) is 20.3. The van der Waals surface area contributed by atoms with Gasteiger partial charge in [-0.3, -0.25) is 14.5 Å². The van der Waals surface area contributed by atoms with Crippen LogP contribution in [0, 0.1) is 12.3 Å². The molecule has 1 N–H and O–H groups in total. The number of ether oxygens (including phenoxy) is 2. The maximum Gasteiger partial charge on any atom is 0.241 e. The molecule has 206 valence electrons. The molecule has 1 atom stereocenters. The number of thiophene rings is 1.